The molecule has 0 saturated heterocycles. The second-order valence-corrected chi connectivity index (χ2v) is 6.82. The van der Waals surface area contributed by atoms with Crippen LogP contribution in [0.4, 0.5) is 0 Å². The van der Waals surface area contributed by atoms with Crippen molar-refractivity contribution in [3.8, 4) is 0 Å². The second kappa shape index (κ2) is 9.91. The van der Waals surface area contributed by atoms with E-state index in [-0.39, 0.29) is 5.54 Å². The van der Waals surface area contributed by atoms with Gasteiger partial charge in [0, 0.05) is 24.5 Å². The first kappa shape index (κ1) is 18.1. The van der Waals surface area contributed by atoms with Crippen LogP contribution >= 0.6 is 0 Å². The van der Waals surface area contributed by atoms with Crippen molar-refractivity contribution in [3.05, 3.63) is 30.1 Å². The van der Waals surface area contributed by atoms with Crippen LogP contribution in [0, 0.1) is 0 Å². The lowest BCUT2D eigenvalue weighted by molar-refractivity contribution is 0.272. The van der Waals surface area contributed by atoms with Gasteiger partial charge in [0.2, 0.25) is 0 Å². The van der Waals surface area contributed by atoms with Crippen LogP contribution in [0.5, 0.6) is 0 Å². The quantitative estimate of drug-likeness (QED) is 0.664. The van der Waals surface area contributed by atoms with Crippen LogP contribution in [-0.4, -0.2) is 35.1 Å². The van der Waals surface area contributed by atoms with Crippen molar-refractivity contribution >= 4 is 0 Å². The molecule has 1 N–H and O–H groups in total. The van der Waals surface area contributed by atoms with Crippen molar-refractivity contribution < 1.29 is 0 Å². The maximum Gasteiger partial charge on any atom is 0.0271 e. The molecular formula is C18H33N3. The molecule has 1 aromatic rings. The van der Waals surface area contributed by atoms with E-state index in [0.29, 0.717) is 0 Å². The van der Waals surface area contributed by atoms with Gasteiger partial charge in [-0.3, -0.25) is 9.88 Å². The molecule has 0 radical (unpaired) electrons. The average molecular weight is 291 g/mol. The van der Waals surface area contributed by atoms with Gasteiger partial charge in [-0.15, -0.1) is 0 Å². The van der Waals surface area contributed by atoms with Crippen molar-refractivity contribution in [2.75, 3.05) is 19.6 Å². The highest BCUT2D eigenvalue weighted by Crippen LogP contribution is 2.07. The van der Waals surface area contributed by atoms with Gasteiger partial charge >= 0.3 is 0 Å². The summed E-state index contributed by atoms with van der Waals surface area (Å²) in [6, 6.07) is 4.22. The maximum atomic E-state index is 4.08. The topological polar surface area (TPSA) is 28.2 Å². The second-order valence-electron chi connectivity index (χ2n) is 6.82. The summed E-state index contributed by atoms with van der Waals surface area (Å²) in [6.07, 6.45) is 9.01. The lowest BCUT2D eigenvalue weighted by Gasteiger charge is -2.21. The first-order chi connectivity index (χ1) is 10.0. The Kier molecular flexibility index (Phi) is 8.55. The third-order valence-electron chi connectivity index (χ3n) is 3.66. The van der Waals surface area contributed by atoms with Gasteiger partial charge in [0.15, 0.2) is 0 Å². The smallest absolute Gasteiger partial charge is 0.0271 e. The Balaban J connectivity index is 2.07. The number of nitrogens with one attached hydrogen (secondary N) is 1. The molecule has 0 atom stereocenters. The molecule has 3 nitrogen and oxygen atoms in total. The van der Waals surface area contributed by atoms with Gasteiger partial charge in [0.05, 0.1) is 0 Å². The molecule has 0 bridgehead atoms. The van der Waals surface area contributed by atoms with E-state index in [0.717, 1.165) is 19.6 Å². The Morgan fingerprint density at radius 1 is 1.05 bits per heavy atom. The van der Waals surface area contributed by atoms with Crippen molar-refractivity contribution in [1.29, 1.82) is 0 Å². The molecule has 1 rings (SSSR count). The largest absolute Gasteiger partial charge is 0.312 e. The molecule has 0 aromatic carbocycles. The van der Waals surface area contributed by atoms with Crippen LogP contribution in [0.25, 0.3) is 0 Å². The van der Waals surface area contributed by atoms with Crippen LogP contribution < -0.4 is 5.32 Å². The average Bonchev–Trinajstić information content (AvgIpc) is 2.45. The summed E-state index contributed by atoms with van der Waals surface area (Å²) in [7, 11) is 0. The highest BCUT2D eigenvalue weighted by Gasteiger charge is 2.07. The van der Waals surface area contributed by atoms with E-state index in [1.54, 1.807) is 0 Å². The number of aromatic nitrogens is 1. The molecule has 0 unspecified atom stereocenters. The standard InChI is InChI=1S/C18H33N3/c1-5-21(16-17-10-13-19-14-11-17)15-9-7-6-8-12-20-18(2,3)4/h10-11,13-14,20H,5-9,12,15-16H2,1-4H3. The zero-order chi connectivity index (χ0) is 15.6. The molecule has 0 spiro atoms. The Morgan fingerprint density at radius 3 is 2.33 bits per heavy atom. The van der Waals surface area contributed by atoms with Crippen molar-refractivity contribution in [2.24, 2.45) is 0 Å². The van der Waals surface area contributed by atoms with Crippen LogP contribution in [0.3, 0.4) is 0 Å². The molecule has 0 fully saturated rings. The van der Waals surface area contributed by atoms with E-state index in [1.165, 1.54) is 37.8 Å². The molecule has 0 aliphatic carbocycles. The summed E-state index contributed by atoms with van der Waals surface area (Å²) >= 11 is 0. The monoisotopic (exact) mass is 291 g/mol. The molecule has 3 heteroatoms. The highest BCUT2D eigenvalue weighted by atomic mass is 15.1. The summed E-state index contributed by atoms with van der Waals surface area (Å²) < 4.78 is 0. The number of nitrogens with zero attached hydrogens (tertiary/aromatic N) is 2. The zero-order valence-electron chi connectivity index (χ0n) is 14.4. The first-order valence-electron chi connectivity index (χ1n) is 8.37. The zero-order valence-corrected chi connectivity index (χ0v) is 14.4. The molecular weight excluding hydrogens is 258 g/mol. The minimum atomic E-state index is 0.254. The molecule has 0 amide bonds. The number of hydrogen-bond acceptors (Lipinski definition) is 3. The van der Waals surface area contributed by atoms with E-state index < -0.39 is 0 Å². The van der Waals surface area contributed by atoms with Gasteiger partial charge in [-0.25, -0.2) is 0 Å². The minimum Gasteiger partial charge on any atom is -0.312 e. The molecule has 0 aliphatic rings. The van der Waals surface area contributed by atoms with E-state index in [2.05, 4.69) is 55.0 Å². The fraction of sp³-hybridized carbons (Fsp3) is 0.722. The van der Waals surface area contributed by atoms with Crippen LogP contribution in [0.15, 0.2) is 24.5 Å². The normalized spacial score (nSPS) is 12.0. The lowest BCUT2D eigenvalue weighted by atomic mass is 10.1. The van der Waals surface area contributed by atoms with E-state index >= 15 is 0 Å². The van der Waals surface area contributed by atoms with Crippen molar-refractivity contribution in [2.45, 2.75) is 65.5 Å². The van der Waals surface area contributed by atoms with Gasteiger partial charge < -0.3 is 5.32 Å². The molecule has 0 aliphatic heterocycles. The summed E-state index contributed by atoms with van der Waals surface area (Å²) in [4.78, 5) is 6.59. The summed E-state index contributed by atoms with van der Waals surface area (Å²) in [5, 5.41) is 3.55. The predicted octanol–water partition coefficient (Wildman–Crippen LogP) is 3.85. The number of rotatable bonds is 10. The Hall–Kier alpha value is -0.930. The van der Waals surface area contributed by atoms with Gasteiger partial charge in [0.1, 0.15) is 0 Å². The van der Waals surface area contributed by atoms with Gasteiger partial charge in [-0.2, -0.15) is 0 Å². The number of unbranched alkanes of at least 4 members (excludes halogenated alkanes) is 3. The fourth-order valence-electron chi connectivity index (χ4n) is 2.37. The van der Waals surface area contributed by atoms with E-state index in [4.69, 9.17) is 0 Å². The Bertz CT molecular complexity index is 356. The highest BCUT2D eigenvalue weighted by molar-refractivity contribution is 5.09. The van der Waals surface area contributed by atoms with Crippen LogP contribution in [0.2, 0.25) is 0 Å². The van der Waals surface area contributed by atoms with Crippen LogP contribution in [-0.2, 0) is 6.54 Å². The van der Waals surface area contributed by atoms with Crippen molar-refractivity contribution in [3.63, 3.8) is 0 Å². The SMILES string of the molecule is CCN(CCCCCCNC(C)(C)C)Cc1ccncc1. The molecule has 1 heterocycles. The minimum absolute atomic E-state index is 0.254. The number of hydrogen-bond donors (Lipinski definition) is 1. The Morgan fingerprint density at radius 2 is 1.71 bits per heavy atom. The molecule has 0 saturated carbocycles. The summed E-state index contributed by atoms with van der Waals surface area (Å²) in [6.45, 7) is 13.4. The molecule has 1 aromatic heterocycles. The lowest BCUT2D eigenvalue weighted by Crippen LogP contribution is -2.36. The summed E-state index contributed by atoms with van der Waals surface area (Å²) in [5.41, 5.74) is 1.62. The number of pyridine rings is 1. The molecule has 21 heavy (non-hydrogen) atoms. The van der Waals surface area contributed by atoms with Crippen LogP contribution in [0.1, 0.15) is 58.9 Å². The first-order valence-corrected chi connectivity index (χ1v) is 8.37. The third kappa shape index (κ3) is 9.59. The maximum absolute atomic E-state index is 4.08. The van der Waals surface area contributed by atoms with E-state index in [1.807, 2.05) is 12.4 Å². The van der Waals surface area contributed by atoms with E-state index in [9.17, 15) is 0 Å². The Labute approximate surface area is 131 Å². The van der Waals surface area contributed by atoms with Gasteiger partial charge in [0.25, 0.3) is 0 Å². The van der Waals surface area contributed by atoms with Gasteiger partial charge in [-0.05, 0) is 70.9 Å². The summed E-state index contributed by atoms with van der Waals surface area (Å²) in [5.74, 6) is 0. The van der Waals surface area contributed by atoms with Gasteiger partial charge in [-0.1, -0.05) is 19.8 Å². The third-order valence-corrected chi connectivity index (χ3v) is 3.66. The molecule has 120 valence electrons. The van der Waals surface area contributed by atoms with Crippen molar-refractivity contribution in [1.82, 2.24) is 15.2 Å². The predicted molar refractivity (Wildman–Crippen MR) is 91.4 cm³/mol. The fourth-order valence-corrected chi connectivity index (χ4v) is 2.37.